The summed E-state index contributed by atoms with van der Waals surface area (Å²) >= 11 is 5.93. The second-order valence-corrected chi connectivity index (χ2v) is 3.44. The van der Waals surface area contributed by atoms with Gasteiger partial charge in [0.1, 0.15) is 5.69 Å². The van der Waals surface area contributed by atoms with E-state index in [9.17, 15) is 0 Å². The molecule has 0 atom stereocenters. The number of halogens is 1. The smallest absolute Gasteiger partial charge is 0.154 e. The van der Waals surface area contributed by atoms with Gasteiger partial charge in [0.05, 0.1) is 0 Å². The van der Waals surface area contributed by atoms with Crippen molar-refractivity contribution in [3.05, 3.63) is 23.0 Å². The standard InChI is InChI=1S/C10H13ClN2/c1-4-12-9-8(7(2)3)5-6-13-10(9)11/h4-7H,1-3H3. The van der Waals surface area contributed by atoms with E-state index in [1.165, 1.54) is 0 Å². The third-order valence-electron chi connectivity index (χ3n) is 1.79. The van der Waals surface area contributed by atoms with Crippen molar-refractivity contribution in [3.63, 3.8) is 0 Å². The SMILES string of the molecule is CC=Nc1c(C(C)C)ccnc1Cl. The highest BCUT2D eigenvalue weighted by molar-refractivity contribution is 6.32. The first-order valence-electron chi connectivity index (χ1n) is 4.30. The van der Waals surface area contributed by atoms with Crippen molar-refractivity contribution in [1.82, 2.24) is 4.98 Å². The van der Waals surface area contributed by atoms with E-state index in [0.717, 1.165) is 11.3 Å². The molecule has 0 aliphatic carbocycles. The minimum Gasteiger partial charge on any atom is -0.258 e. The maximum atomic E-state index is 5.93. The maximum absolute atomic E-state index is 5.93. The van der Waals surface area contributed by atoms with Crippen LogP contribution in [0, 0.1) is 0 Å². The Morgan fingerprint density at radius 3 is 2.77 bits per heavy atom. The molecule has 1 rings (SSSR count). The third-order valence-corrected chi connectivity index (χ3v) is 2.07. The summed E-state index contributed by atoms with van der Waals surface area (Å²) < 4.78 is 0. The molecular weight excluding hydrogens is 184 g/mol. The molecule has 1 aromatic heterocycles. The molecule has 0 bridgehead atoms. The molecule has 0 aromatic carbocycles. The van der Waals surface area contributed by atoms with Crippen molar-refractivity contribution in [1.29, 1.82) is 0 Å². The van der Waals surface area contributed by atoms with Gasteiger partial charge in [-0.3, -0.25) is 4.99 Å². The first-order valence-corrected chi connectivity index (χ1v) is 4.67. The number of hydrogen-bond donors (Lipinski definition) is 0. The van der Waals surface area contributed by atoms with Crippen LogP contribution in [0.3, 0.4) is 0 Å². The Kier molecular flexibility index (Phi) is 3.43. The van der Waals surface area contributed by atoms with E-state index in [1.807, 2.05) is 13.0 Å². The zero-order valence-electron chi connectivity index (χ0n) is 8.08. The lowest BCUT2D eigenvalue weighted by molar-refractivity contribution is 0.863. The van der Waals surface area contributed by atoms with Crippen LogP contribution in [-0.4, -0.2) is 11.2 Å². The summed E-state index contributed by atoms with van der Waals surface area (Å²) in [5, 5.41) is 0.476. The fraction of sp³-hybridized carbons (Fsp3) is 0.400. The summed E-state index contributed by atoms with van der Waals surface area (Å²) in [6.45, 7) is 6.09. The van der Waals surface area contributed by atoms with E-state index < -0.39 is 0 Å². The van der Waals surface area contributed by atoms with Gasteiger partial charge in [0, 0.05) is 12.4 Å². The Hall–Kier alpha value is -0.890. The molecule has 0 aliphatic heterocycles. The monoisotopic (exact) mass is 196 g/mol. The summed E-state index contributed by atoms with van der Waals surface area (Å²) in [6, 6.07) is 1.96. The molecule has 1 aromatic rings. The average Bonchev–Trinajstić information content (AvgIpc) is 2.08. The minimum atomic E-state index is 0.416. The molecule has 0 amide bonds. The fourth-order valence-corrected chi connectivity index (χ4v) is 1.38. The van der Waals surface area contributed by atoms with E-state index in [1.54, 1.807) is 12.4 Å². The highest BCUT2D eigenvalue weighted by atomic mass is 35.5. The molecule has 0 saturated carbocycles. The van der Waals surface area contributed by atoms with E-state index in [0.29, 0.717) is 11.1 Å². The molecule has 0 N–H and O–H groups in total. The lowest BCUT2D eigenvalue weighted by Gasteiger charge is -2.09. The second kappa shape index (κ2) is 4.38. The number of hydrogen-bond acceptors (Lipinski definition) is 2. The Morgan fingerprint density at radius 2 is 2.23 bits per heavy atom. The van der Waals surface area contributed by atoms with Crippen molar-refractivity contribution in [3.8, 4) is 0 Å². The normalized spacial score (nSPS) is 11.5. The molecule has 0 fully saturated rings. The minimum absolute atomic E-state index is 0.416. The number of aromatic nitrogens is 1. The van der Waals surface area contributed by atoms with Crippen LogP contribution in [0.5, 0.6) is 0 Å². The van der Waals surface area contributed by atoms with Crippen molar-refractivity contribution in [2.75, 3.05) is 0 Å². The van der Waals surface area contributed by atoms with Gasteiger partial charge in [0.15, 0.2) is 5.15 Å². The molecule has 0 saturated heterocycles. The first-order chi connectivity index (χ1) is 6.16. The van der Waals surface area contributed by atoms with Gasteiger partial charge in [-0.15, -0.1) is 0 Å². The molecule has 2 nitrogen and oxygen atoms in total. The van der Waals surface area contributed by atoms with Crippen LogP contribution >= 0.6 is 11.6 Å². The van der Waals surface area contributed by atoms with E-state index in [-0.39, 0.29) is 0 Å². The van der Waals surface area contributed by atoms with Gasteiger partial charge in [-0.25, -0.2) is 4.98 Å². The molecular formula is C10H13ClN2. The average molecular weight is 197 g/mol. The highest BCUT2D eigenvalue weighted by Gasteiger charge is 2.08. The summed E-state index contributed by atoms with van der Waals surface area (Å²) in [7, 11) is 0. The summed E-state index contributed by atoms with van der Waals surface area (Å²) in [5.74, 6) is 0.416. The number of aliphatic imine (C=N–C) groups is 1. The van der Waals surface area contributed by atoms with Crippen molar-refractivity contribution in [2.45, 2.75) is 26.7 Å². The Labute approximate surface area is 83.7 Å². The van der Waals surface area contributed by atoms with Crippen LogP contribution in [0.2, 0.25) is 5.15 Å². The predicted octanol–water partition coefficient (Wildman–Crippen LogP) is 3.58. The largest absolute Gasteiger partial charge is 0.258 e. The lowest BCUT2D eigenvalue weighted by atomic mass is 10.0. The quantitative estimate of drug-likeness (QED) is 0.524. The molecule has 0 radical (unpaired) electrons. The number of nitrogens with zero attached hydrogens (tertiary/aromatic N) is 2. The fourth-order valence-electron chi connectivity index (χ4n) is 1.16. The topological polar surface area (TPSA) is 25.2 Å². The summed E-state index contributed by atoms with van der Waals surface area (Å²) in [6.07, 6.45) is 3.45. The zero-order chi connectivity index (χ0) is 9.84. The predicted molar refractivity (Wildman–Crippen MR) is 57.2 cm³/mol. The zero-order valence-corrected chi connectivity index (χ0v) is 8.84. The van der Waals surface area contributed by atoms with E-state index in [2.05, 4.69) is 23.8 Å². The first kappa shape index (κ1) is 10.2. The van der Waals surface area contributed by atoms with Crippen LogP contribution in [-0.2, 0) is 0 Å². The van der Waals surface area contributed by atoms with E-state index in [4.69, 9.17) is 11.6 Å². The van der Waals surface area contributed by atoms with Crippen molar-refractivity contribution >= 4 is 23.5 Å². The Balaban J connectivity index is 3.25. The van der Waals surface area contributed by atoms with Crippen molar-refractivity contribution < 1.29 is 0 Å². The Bertz CT molecular complexity index is 319. The van der Waals surface area contributed by atoms with Crippen molar-refractivity contribution in [2.24, 2.45) is 4.99 Å². The van der Waals surface area contributed by atoms with Crippen LogP contribution in [0.25, 0.3) is 0 Å². The second-order valence-electron chi connectivity index (χ2n) is 3.08. The number of pyridine rings is 1. The molecule has 3 heteroatoms. The molecule has 0 unspecified atom stereocenters. The molecule has 0 spiro atoms. The van der Waals surface area contributed by atoms with Gasteiger partial charge in [-0.05, 0) is 24.5 Å². The van der Waals surface area contributed by atoms with Gasteiger partial charge >= 0.3 is 0 Å². The summed E-state index contributed by atoms with van der Waals surface area (Å²) in [4.78, 5) is 8.20. The molecule has 13 heavy (non-hydrogen) atoms. The maximum Gasteiger partial charge on any atom is 0.154 e. The van der Waals surface area contributed by atoms with Crippen LogP contribution in [0.1, 0.15) is 32.3 Å². The van der Waals surface area contributed by atoms with Crippen LogP contribution < -0.4 is 0 Å². The van der Waals surface area contributed by atoms with Gasteiger partial charge < -0.3 is 0 Å². The van der Waals surface area contributed by atoms with Gasteiger partial charge in [0.2, 0.25) is 0 Å². The molecule has 1 heterocycles. The van der Waals surface area contributed by atoms with Gasteiger partial charge in [-0.2, -0.15) is 0 Å². The Morgan fingerprint density at radius 1 is 1.54 bits per heavy atom. The van der Waals surface area contributed by atoms with Gasteiger partial charge in [-0.1, -0.05) is 25.4 Å². The summed E-state index contributed by atoms with van der Waals surface area (Å²) in [5.41, 5.74) is 1.93. The molecule has 70 valence electrons. The van der Waals surface area contributed by atoms with Gasteiger partial charge in [0.25, 0.3) is 0 Å². The van der Waals surface area contributed by atoms with Crippen LogP contribution in [0.15, 0.2) is 17.3 Å². The molecule has 0 aliphatic rings. The van der Waals surface area contributed by atoms with E-state index >= 15 is 0 Å². The lowest BCUT2D eigenvalue weighted by Crippen LogP contribution is -1.90. The third kappa shape index (κ3) is 2.28. The highest BCUT2D eigenvalue weighted by Crippen LogP contribution is 2.31. The number of rotatable bonds is 2. The van der Waals surface area contributed by atoms with Crippen LogP contribution in [0.4, 0.5) is 5.69 Å².